The Balaban J connectivity index is 1.53. The van der Waals surface area contributed by atoms with Crippen molar-refractivity contribution in [3.63, 3.8) is 0 Å². The first-order valence-electron chi connectivity index (χ1n) is 8.68. The van der Waals surface area contributed by atoms with Gasteiger partial charge in [0.1, 0.15) is 5.75 Å². The molecule has 0 radical (unpaired) electrons. The molecule has 2 aromatic rings. The van der Waals surface area contributed by atoms with Crippen LogP contribution in [0.15, 0.2) is 54.6 Å². The van der Waals surface area contributed by atoms with Crippen molar-refractivity contribution < 1.29 is 9.53 Å². The van der Waals surface area contributed by atoms with E-state index in [1.165, 1.54) is 5.69 Å². The maximum Gasteiger partial charge on any atom is 0.258 e. The predicted molar refractivity (Wildman–Crippen MR) is 99.9 cm³/mol. The number of carbonyl (C=O) groups is 1. The van der Waals surface area contributed by atoms with Crippen LogP contribution in [-0.4, -0.2) is 50.6 Å². The Bertz CT molecular complexity index is 682. The number of likely N-dealkylation sites (N-methyl/N-ethyl adjacent to an activating group) is 1. The van der Waals surface area contributed by atoms with Crippen LogP contribution in [0.2, 0.25) is 0 Å². The topological polar surface area (TPSA) is 44.8 Å². The third-order valence-corrected chi connectivity index (χ3v) is 4.42. The van der Waals surface area contributed by atoms with Crippen LogP contribution in [0.25, 0.3) is 0 Å². The van der Waals surface area contributed by atoms with E-state index in [0.717, 1.165) is 31.7 Å². The molecule has 5 heteroatoms. The summed E-state index contributed by atoms with van der Waals surface area (Å²) in [5, 5.41) is 2.96. The van der Waals surface area contributed by atoms with Crippen LogP contribution in [-0.2, 0) is 11.3 Å². The van der Waals surface area contributed by atoms with Crippen LogP contribution in [0.5, 0.6) is 5.75 Å². The number of benzene rings is 2. The minimum absolute atomic E-state index is 0.0285. The van der Waals surface area contributed by atoms with Crippen molar-refractivity contribution in [1.29, 1.82) is 0 Å². The second kappa shape index (κ2) is 8.53. The maximum atomic E-state index is 12.1. The fourth-order valence-electron chi connectivity index (χ4n) is 2.93. The van der Waals surface area contributed by atoms with Gasteiger partial charge in [-0.2, -0.15) is 0 Å². The van der Waals surface area contributed by atoms with Crippen LogP contribution in [0, 0.1) is 0 Å². The molecule has 0 atom stereocenters. The van der Waals surface area contributed by atoms with Crippen molar-refractivity contribution in [3.8, 4) is 5.75 Å². The Kier molecular flexibility index (Phi) is 5.90. The minimum Gasteiger partial charge on any atom is -0.484 e. The van der Waals surface area contributed by atoms with E-state index in [9.17, 15) is 4.79 Å². The summed E-state index contributed by atoms with van der Waals surface area (Å²) < 4.78 is 5.49. The average Bonchev–Trinajstić information content (AvgIpc) is 2.66. The summed E-state index contributed by atoms with van der Waals surface area (Å²) in [6.45, 7) is 4.69. The van der Waals surface area contributed by atoms with Crippen LogP contribution in [0.1, 0.15) is 5.56 Å². The third kappa shape index (κ3) is 4.97. The molecule has 132 valence electrons. The largest absolute Gasteiger partial charge is 0.484 e. The third-order valence-electron chi connectivity index (χ3n) is 4.42. The molecule has 1 fully saturated rings. The molecule has 1 aliphatic heterocycles. The predicted octanol–water partition coefficient (Wildman–Crippen LogP) is 2.13. The van der Waals surface area contributed by atoms with Gasteiger partial charge in [-0.25, -0.2) is 0 Å². The Labute approximate surface area is 149 Å². The quantitative estimate of drug-likeness (QED) is 0.876. The molecule has 0 bridgehead atoms. The lowest BCUT2D eigenvalue weighted by Crippen LogP contribution is -2.45. The SMILES string of the molecule is CN1CCN(c2ccccc2CNC(=O)COc2ccccc2)CC1. The first kappa shape index (κ1) is 17.3. The van der Waals surface area contributed by atoms with Gasteiger partial charge in [-0.3, -0.25) is 4.79 Å². The lowest BCUT2D eigenvalue weighted by Gasteiger charge is -2.35. The van der Waals surface area contributed by atoms with Crippen LogP contribution in [0.3, 0.4) is 0 Å². The van der Waals surface area contributed by atoms with E-state index in [1.807, 2.05) is 36.4 Å². The van der Waals surface area contributed by atoms with Crippen LogP contribution < -0.4 is 15.0 Å². The van der Waals surface area contributed by atoms with Gasteiger partial charge in [-0.05, 0) is 30.8 Å². The van der Waals surface area contributed by atoms with Crippen LogP contribution in [0.4, 0.5) is 5.69 Å². The Morgan fingerprint density at radius 1 is 1.00 bits per heavy atom. The van der Waals surface area contributed by atoms with E-state index in [-0.39, 0.29) is 12.5 Å². The zero-order valence-electron chi connectivity index (χ0n) is 14.6. The van der Waals surface area contributed by atoms with Gasteiger partial charge in [0.2, 0.25) is 0 Å². The Morgan fingerprint density at radius 3 is 2.44 bits per heavy atom. The Hall–Kier alpha value is -2.53. The van der Waals surface area contributed by atoms with Crippen molar-refractivity contribution in [2.24, 2.45) is 0 Å². The van der Waals surface area contributed by atoms with E-state index in [0.29, 0.717) is 12.3 Å². The summed E-state index contributed by atoms with van der Waals surface area (Å²) in [7, 11) is 2.15. The summed E-state index contributed by atoms with van der Waals surface area (Å²) in [6.07, 6.45) is 0. The number of rotatable bonds is 6. The monoisotopic (exact) mass is 339 g/mol. The van der Waals surface area contributed by atoms with Crippen molar-refractivity contribution in [2.75, 3.05) is 44.7 Å². The molecule has 25 heavy (non-hydrogen) atoms. The van der Waals surface area contributed by atoms with Crippen molar-refractivity contribution >= 4 is 11.6 Å². The van der Waals surface area contributed by atoms with E-state index in [2.05, 4.69) is 40.4 Å². The number of para-hydroxylation sites is 2. The fraction of sp³-hybridized carbons (Fsp3) is 0.350. The molecule has 0 aliphatic carbocycles. The van der Waals surface area contributed by atoms with Gasteiger partial charge >= 0.3 is 0 Å². The Morgan fingerprint density at radius 2 is 1.68 bits per heavy atom. The second-order valence-electron chi connectivity index (χ2n) is 6.30. The normalized spacial score (nSPS) is 15.0. The molecule has 1 aliphatic rings. The van der Waals surface area contributed by atoms with Gasteiger partial charge < -0.3 is 19.9 Å². The smallest absolute Gasteiger partial charge is 0.258 e. The molecule has 0 spiro atoms. The number of piperazine rings is 1. The average molecular weight is 339 g/mol. The van der Waals surface area contributed by atoms with Gasteiger partial charge in [0, 0.05) is 38.4 Å². The van der Waals surface area contributed by atoms with E-state index in [1.54, 1.807) is 0 Å². The van der Waals surface area contributed by atoms with Gasteiger partial charge in [-0.1, -0.05) is 36.4 Å². The van der Waals surface area contributed by atoms with Gasteiger partial charge in [0.05, 0.1) is 0 Å². The molecule has 1 heterocycles. The molecular formula is C20H25N3O2. The second-order valence-corrected chi connectivity index (χ2v) is 6.30. The summed E-state index contributed by atoms with van der Waals surface area (Å²) >= 11 is 0. The van der Waals surface area contributed by atoms with Crippen molar-refractivity contribution in [3.05, 3.63) is 60.2 Å². The number of hydrogen-bond donors (Lipinski definition) is 1. The summed E-state index contributed by atoms with van der Waals surface area (Å²) in [6, 6.07) is 17.7. The van der Waals surface area contributed by atoms with E-state index in [4.69, 9.17) is 4.74 Å². The van der Waals surface area contributed by atoms with E-state index >= 15 is 0 Å². The zero-order chi connectivity index (χ0) is 17.5. The highest BCUT2D eigenvalue weighted by atomic mass is 16.5. The highest BCUT2D eigenvalue weighted by Crippen LogP contribution is 2.21. The number of hydrogen-bond acceptors (Lipinski definition) is 4. The lowest BCUT2D eigenvalue weighted by atomic mass is 10.1. The van der Waals surface area contributed by atoms with E-state index < -0.39 is 0 Å². The van der Waals surface area contributed by atoms with Crippen molar-refractivity contribution in [1.82, 2.24) is 10.2 Å². The summed E-state index contributed by atoms with van der Waals surface area (Å²) in [5.74, 6) is 0.590. The first-order chi connectivity index (χ1) is 12.2. The number of amides is 1. The lowest BCUT2D eigenvalue weighted by molar-refractivity contribution is -0.123. The number of nitrogens with zero attached hydrogens (tertiary/aromatic N) is 2. The molecule has 0 unspecified atom stereocenters. The van der Waals surface area contributed by atoms with Gasteiger partial charge in [-0.15, -0.1) is 0 Å². The molecule has 2 aromatic carbocycles. The number of carbonyl (C=O) groups excluding carboxylic acids is 1. The zero-order valence-corrected chi connectivity index (χ0v) is 14.6. The molecule has 1 N–H and O–H groups in total. The standard InChI is InChI=1S/C20H25N3O2/c1-22-11-13-23(14-12-22)19-10-6-5-7-17(19)15-21-20(24)16-25-18-8-3-2-4-9-18/h2-10H,11-16H2,1H3,(H,21,24). The number of ether oxygens (including phenoxy) is 1. The maximum absolute atomic E-state index is 12.1. The summed E-state index contributed by atoms with van der Waals surface area (Å²) in [4.78, 5) is 16.8. The van der Waals surface area contributed by atoms with Crippen molar-refractivity contribution in [2.45, 2.75) is 6.54 Å². The molecule has 1 saturated heterocycles. The highest BCUT2D eigenvalue weighted by Gasteiger charge is 2.16. The number of anilines is 1. The molecule has 0 saturated carbocycles. The minimum atomic E-state index is -0.114. The first-order valence-corrected chi connectivity index (χ1v) is 8.68. The molecule has 5 nitrogen and oxygen atoms in total. The molecular weight excluding hydrogens is 314 g/mol. The molecule has 1 amide bonds. The molecule has 3 rings (SSSR count). The molecule has 0 aromatic heterocycles. The van der Waals surface area contributed by atoms with Gasteiger partial charge in [0.25, 0.3) is 5.91 Å². The summed E-state index contributed by atoms with van der Waals surface area (Å²) in [5.41, 5.74) is 2.35. The fourth-order valence-corrected chi connectivity index (χ4v) is 2.93. The van der Waals surface area contributed by atoms with Gasteiger partial charge in [0.15, 0.2) is 6.61 Å². The van der Waals surface area contributed by atoms with Crippen LogP contribution >= 0.6 is 0 Å². The number of nitrogens with one attached hydrogen (secondary N) is 1. The highest BCUT2D eigenvalue weighted by molar-refractivity contribution is 5.77.